The van der Waals surface area contributed by atoms with E-state index in [1.165, 1.54) is 0 Å². The summed E-state index contributed by atoms with van der Waals surface area (Å²) in [6, 6.07) is 13.0. The van der Waals surface area contributed by atoms with Crippen molar-refractivity contribution in [1.82, 2.24) is 9.55 Å². The molecule has 1 aliphatic heterocycles. The first-order valence-corrected chi connectivity index (χ1v) is 10.3. The lowest BCUT2D eigenvalue weighted by Crippen LogP contribution is -2.36. The van der Waals surface area contributed by atoms with Crippen molar-refractivity contribution in [2.24, 2.45) is 5.41 Å². The van der Waals surface area contributed by atoms with Crippen molar-refractivity contribution in [3.05, 3.63) is 59.3 Å². The first-order chi connectivity index (χ1) is 14.4. The van der Waals surface area contributed by atoms with Crippen LogP contribution < -0.4 is 10.1 Å². The predicted octanol–water partition coefficient (Wildman–Crippen LogP) is 4.80. The molecule has 3 aromatic rings. The molecule has 2 aromatic carbocycles. The molecule has 1 atom stereocenters. The van der Waals surface area contributed by atoms with Gasteiger partial charge in [0.1, 0.15) is 0 Å². The van der Waals surface area contributed by atoms with Crippen molar-refractivity contribution in [2.45, 2.75) is 39.7 Å². The number of anilines is 1. The minimum Gasteiger partial charge on any atom is -0.504 e. The number of nitrogens with zero attached hydrogens (tertiary/aromatic N) is 2. The Morgan fingerprint density at radius 1 is 1.23 bits per heavy atom. The maximum Gasteiger partial charge on any atom is 0.209 e. The number of hydrogen-bond acceptors (Lipinski definition) is 5. The molecule has 2 aliphatic rings. The van der Waals surface area contributed by atoms with Gasteiger partial charge in [0.2, 0.25) is 5.95 Å². The summed E-state index contributed by atoms with van der Waals surface area (Å²) in [5.41, 5.74) is 4.34. The second-order valence-corrected chi connectivity index (χ2v) is 8.82. The molecule has 0 bridgehead atoms. The van der Waals surface area contributed by atoms with E-state index in [0.717, 1.165) is 40.2 Å². The summed E-state index contributed by atoms with van der Waals surface area (Å²) in [5.74, 6) is 1.39. The third-order valence-corrected chi connectivity index (χ3v) is 5.91. The molecule has 2 heterocycles. The molecule has 0 saturated heterocycles. The number of phenols is 1. The highest BCUT2D eigenvalue weighted by molar-refractivity contribution is 6.01. The Morgan fingerprint density at radius 3 is 2.83 bits per heavy atom. The first kappa shape index (κ1) is 18.7. The number of rotatable bonds is 3. The van der Waals surface area contributed by atoms with Gasteiger partial charge in [-0.15, -0.1) is 0 Å². The standard InChI is InChI=1S/C24H25N3O3/c1-4-30-20-11-14(9-10-18(20)28)22-21-16(12-24(2,3)13-19(21)29)26-23-25-15-7-5-6-8-17(15)27(22)23/h5-11,22,28H,4,12-13H2,1-3H3,(H,25,26)/t22-/m0/s1. The Labute approximate surface area is 175 Å². The number of aromatic nitrogens is 2. The van der Waals surface area contributed by atoms with Crippen LogP contribution in [0.4, 0.5) is 5.95 Å². The lowest BCUT2D eigenvalue weighted by molar-refractivity contribution is -0.118. The number of benzene rings is 2. The predicted molar refractivity (Wildman–Crippen MR) is 116 cm³/mol. The number of phenolic OH excluding ortho intramolecular Hbond substituents is 1. The fraction of sp³-hybridized carbons (Fsp3) is 0.333. The number of carbonyl (C=O) groups excluding carboxylic acids is 1. The van der Waals surface area contributed by atoms with Gasteiger partial charge in [0.25, 0.3) is 0 Å². The SMILES string of the molecule is CCOc1cc([C@H]2C3=C(CC(C)(C)CC3=O)Nc3nc4ccccc4n32)ccc1O. The summed E-state index contributed by atoms with van der Waals surface area (Å²) in [6.45, 7) is 6.57. The Kier molecular flexibility index (Phi) is 4.13. The third-order valence-electron chi connectivity index (χ3n) is 5.91. The number of nitrogens with one attached hydrogen (secondary N) is 1. The molecule has 0 fully saturated rings. The van der Waals surface area contributed by atoms with Crippen LogP contribution in [0, 0.1) is 5.41 Å². The van der Waals surface area contributed by atoms with E-state index in [1.807, 2.05) is 43.3 Å². The van der Waals surface area contributed by atoms with Gasteiger partial charge in [0, 0.05) is 17.7 Å². The van der Waals surface area contributed by atoms with Crippen LogP contribution >= 0.6 is 0 Å². The summed E-state index contributed by atoms with van der Waals surface area (Å²) in [5, 5.41) is 13.7. The van der Waals surface area contributed by atoms with Crippen molar-refractivity contribution in [2.75, 3.05) is 11.9 Å². The molecule has 6 heteroatoms. The molecule has 0 saturated carbocycles. The van der Waals surface area contributed by atoms with Crippen LogP contribution in [0.15, 0.2) is 53.7 Å². The van der Waals surface area contributed by atoms with Gasteiger partial charge in [-0.25, -0.2) is 4.98 Å². The quantitative estimate of drug-likeness (QED) is 0.657. The third kappa shape index (κ3) is 2.86. The number of ketones is 1. The maximum absolute atomic E-state index is 13.4. The Bertz CT molecular complexity index is 1210. The van der Waals surface area contributed by atoms with E-state index in [2.05, 4.69) is 23.7 Å². The van der Waals surface area contributed by atoms with Gasteiger partial charge < -0.3 is 15.2 Å². The zero-order valence-electron chi connectivity index (χ0n) is 17.4. The van der Waals surface area contributed by atoms with Crippen molar-refractivity contribution < 1.29 is 14.6 Å². The minimum atomic E-state index is -0.327. The molecule has 1 aromatic heterocycles. The molecule has 0 radical (unpaired) electrons. The summed E-state index contributed by atoms with van der Waals surface area (Å²) >= 11 is 0. The number of carbonyl (C=O) groups is 1. The van der Waals surface area contributed by atoms with Crippen LogP contribution in [-0.2, 0) is 4.79 Å². The topological polar surface area (TPSA) is 76.4 Å². The summed E-state index contributed by atoms with van der Waals surface area (Å²) in [7, 11) is 0. The molecule has 0 unspecified atom stereocenters. The van der Waals surface area contributed by atoms with E-state index in [4.69, 9.17) is 9.72 Å². The minimum absolute atomic E-state index is 0.0931. The van der Waals surface area contributed by atoms with E-state index < -0.39 is 0 Å². The Morgan fingerprint density at radius 2 is 2.03 bits per heavy atom. The number of imidazole rings is 1. The van der Waals surface area contributed by atoms with Crippen molar-refractivity contribution in [3.8, 4) is 11.5 Å². The lowest BCUT2D eigenvalue weighted by Gasteiger charge is -2.39. The highest BCUT2D eigenvalue weighted by Gasteiger charge is 2.41. The average molecular weight is 403 g/mol. The summed E-state index contributed by atoms with van der Waals surface area (Å²) in [4.78, 5) is 18.2. The van der Waals surface area contributed by atoms with Crippen molar-refractivity contribution in [1.29, 1.82) is 0 Å². The van der Waals surface area contributed by atoms with Crippen LogP contribution in [0.2, 0.25) is 0 Å². The van der Waals surface area contributed by atoms with Crippen LogP contribution in [0.5, 0.6) is 11.5 Å². The molecule has 2 N–H and O–H groups in total. The van der Waals surface area contributed by atoms with Crippen molar-refractivity contribution >= 4 is 22.8 Å². The number of allylic oxidation sites excluding steroid dienone is 2. The van der Waals surface area contributed by atoms with Gasteiger partial charge in [-0.05, 0) is 48.6 Å². The zero-order valence-corrected chi connectivity index (χ0v) is 17.4. The first-order valence-electron chi connectivity index (χ1n) is 10.3. The van der Waals surface area contributed by atoms with Crippen molar-refractivity contribution in [3.63, 3.8) is 0 Å². The van der Waals surface area contributed by atoms with Gasteiger partial charge >= 0.3 is 0 Å². The fourth-order valence-electron chi connectivity index (χ4n) is 4.71. The normalized spacial score (nSPS) is 20.0. The average Bonchev–Trinajstić information content (AvgIpc) is 3.05. The number of aromatic hydroxyl groups is 1. The summed E-state index contributed by atoms with van der Waals surface area (Å²) in [6.07, 6.45) is 1.28. The van der Waals surface area contributed by atoms with E-state index in [-0.39, 0.29) is 23.0 Å². The van der Waals surface area contributed by atoms with Gasteiger partial charge in [0.15, 0.2) is 17.3 Å². The fourth-order valence-corrected chi connectivity index (χ4v) is 4.71. The lowest BCUT2D eigenvalue weighted by atomic mass is 9.73. The number of Topliss-reactive ketones (excluding diaryl/α,β-unsaturated/α-hetero) is 1. The molecule has 30 heavy (non-hydrogen) atoms. The number of fused-ring (bicyclic) bond motifs is 3. The molecule has 154 valence electrons. The second kappa shape index (κ2) is 6.62. The maximum atomic E-state index is 13.4. The molecule has 5 rings (SSSR count). The molecule has 6 nitrogen and oxygen atoms in total. The zero-order chi connectivity index (χ0) is 21.0. The second-order valence-electron chi connectivity index (χ2n) is 8.82. The largest absolute Gasteiger partial charge is 0.504 e. The van der Waals surface area contributed by atoms with Crippen LogP contribution in [0.1, 0.15) is 45.2 Å². The molecule has 1 aliphatic carbocycles. The van der Waals surface area contributed by atoms with E-state index >= 15 is 0 Å². The van der Waals surface area contributed by atoms with Gasteiger partial charge in [-0.3, -0.25) is 9.36 Å². The smallest absolute Gasteiger partial charge is 0.209 e. The Balaban J connectivity index is 1.77. The van der Waals surface area contributed by atoms with E-state index in [0.29, 0.717) is 18.8 Å². The highest BCUT2D eigenvalue weighted by Crippen LogP contribution is 2.47. The summed E-state index contributed by atoms with van der Waals surface area (Å²) < 4.78 is 7.72. The van der Waals surface area contributed by atoms with Gasteiger partial charge in [-0.2, -0.15) is 0 Å². The van der Waals surface area contributed by atoms with Gasteiger partial charge in [0.05, 0.1) is 23.7 Å². The molecular formula is C24H25N3O3. The van der Waals surface area contributed by atoms with Crippen LogP contribution in [0.25, 0.3) is 11.0 Å². The van der Waals surface area contributed by atoms with Crippen LogP contribution in [0.3, 0.4) is 0 Å². The van der Waals surface area contributed by atoms with Crippen LogP contribution in [-0.4, -0.2) is 27.0 Å². The Hall–Kier alpha value is -3.28. The number of ether oxygens (including phenoxy) is 1. The van der Waals surface area contributed by atoms with E-state index in [9.17, 15) is 9.90 Å². The molecule has 0 amide bonds. The monoisotopic (exact) mass is 403 g/mol. The highest BCUT2D eigenvalue weighted by atomic mass is 16.5. The number of para-hydroxylation sites is 2. The number of hydrogen-bond donors (Lipinski definition) is 2. The van der Waals surface area contributed by atoms with Gasteiger partial charge in [-0.1, -0.05) is 32.0 Å². The van der Waals surface area contributed by atoms with E-state index in [1.54, 1.807) is 6.07 Å². The molecule has 0 spiro atoms. The molecular weight excluding hydrogens is 378 g/mol.